The highest BCUT2D eigenvalue weighted by atomic mass is 16.5. The van der Waals surface area contributed by atoms with E-state index >= 15 is 0 Å². The molecule has 0 radical (unpaired) electrons. The molecule has 2 rings (SSSR count). The van der Waals surface area contributed by atoms with Crippen LogP contribution in [0.5, 0.6) is 0 Å². The van der Waals surface area contributed by atoms with Crippen molar-refractivity contribution < 1.29 is 9.53 Å². The Morgan fingerprint density at radius 3 is 2.40 bits per heavy atom. The number of hydrogen-bond donors (Lipinski definition) is 1. The van der Waals surface area contributed by atoms with Crippen molar-refractivity contribution in [2.24, 2.45) is 0 Å². The minimum Gasteiger partial charge on any atom is -0.465 e. The summed E-state index contributed by atoms with van der Waals surface area (Å²) < 4.78 is 4.65. The smallest absolute Gasteiger partial charge is 0.337 e. The van der Waals surface area contributed by atoms with E-state index in [4.69, 9.17) is 0 Å². The van der Waals surface area contributed by atoms with Crippen molar-refractivity contribution >= 4 is 5.97 Å². The number of aromatic amines is 1. The number of H-pyrrole nitrogens is 1. The lowest BCUT2D eigenvalue weighted by molar-refractivity contribution is 0.0600. The lowest BCUT2D eigenvalue weighted by Gasteiger charge is -2.07. The molecule has 0 aliphatic carbocycles. The summed E-state index contributed by atoms with van der Waals surface area (Å²) in [5.41, 5.74) is 4.02. The molecule has 1 aromatic carbocycles. The molecule has 1 heterocycles. The lowest BCUT2D eigenvalue weighted by Crippen LogP contribution is -2.13. The number of carbonyl (C=O) groups is 1. The monoisotopic (exact) mass is 271 g/mol. The number of nitrogens with one attached hydrogen (secondary N) is 1. The largest absolute Gasteiger partial charge is 0.465 e. The fourth-order valence-electron chi connectivity index (χ4n) is 2.18. The lowest BCUT2D eigenvalue weighted by atomic mass is 10.0. The molecular formula is C16H17NO3. The molecule has 0 spiro atoms. The second-order valence-electron chi connectivity index (χ2n) is 4.79. The molecular weight excluding hydrogens is 254 g/mol. The summed E-state index contributed by atoms with van der Waals surface area (Å²) in [6.07, 6.45) is 0.545. The highest BCUT2D eigenvalue weighted by Gasteiger charge is 2.08. The molecule has 0 unspecified atom stereocenters. The molecule has 2 aromatic rings. The van der Waals surface area contributed by atoms with Gasteiger partial charge in [0.15, 0.2) is 5.43 Å². The Kier molecular flexibility index (Phi) is 4.03. The van der Waals surface area contributed by atoms with Gasteiger partial charge in [-0.1, -0.05) is 12.1 Å². The molecule has 0 saturated heterocycles. The van der Waals surface area contributed by atoms with Gasteiger partial charge in [0.25, 0.3) is 0 Å². The first-order valence-electron chi connectivity index (χ1n) is 6.38. The molecule has 4 nitrogen and oxygen atoms in total. The Bertz CT molecular complexity index is 684. The van der Waals surface area contributed by atoms with E-state index in [1.807, 2.05) is 26.0 Å². The van der Waals surface area contributed by atoms with Gasteiger partial charge in [0.2, 0.25) is 0 Å². The number of esters is 1. The molecule has 0 aliphatic rings. The second-order valence-corrected chi connectivity index (χ2v) is 4.79. The number of hydrogen-bond acceptors (Lipinski definition) is 3. The Morgan fingerprint density at radius 1 is 1.20 bits per heavy atom. The van der Waals surface area contributed by atoms with Crippen LogP contribution < -0.4 is 5.43 Å². The molecule has 0 bridgehead atoms. The summed E-state index contributed by atoms with van der Waals surface area (Å²) in [6, 6.07) is 8.69. The van der Waals surface area contributed by atoms with E-state index in [2.05, 4.69) is 9.72 Å². The van der Waals surface area contributed by atoms with Crippen LogP contribution in [0.1, 0.15) is 32.9 Å². The van der Waals surface area contributed by atoms with Crippen LogP contribution in [0.25, 0.3) is 0 Å². The van der Waals surface area contributed by atoms with Gasteiger partial charge in [-0.25, -0.2) is 4.79 Å². The van der Waals surface area contributed by atoms with E-state index < -0.39 is 0 Å². The molecule has 1 N–H and O–H groups in total. The normalized spacial score (nSPS) is 10.3. The third-order valence-electron chi connectivity index (χ3n) is 3.24. The molecule has 0 amide bonds. The minimum absolute atomic E-state index is 0.0378. The van der Waals surface area contributed by atoms with Crippen LogP contribution in [-0.2, 0) is 11.2 Å². The summed E-state index contributed by atoms with van der Waals surface area (Å²) in [5.74, 6) is -0.360. The first kappa shape index (κ1) is 14.1. The molecule has 4 heteroatoms. The number of aryl methyl sites for hydroxylation is 2. The van der Waals surface area contributed by atoms with Gasteiger partial charge < -0.3 is 9.72 Å². The van der Waals surface area contributed by atoms with Crippen LogP contribution in [0.15, 0.2) is 35.1 Å². The molecule has 1 aromatic heterocycles. The average molecular weight is 271 g/mol. The van der Waals surface area contributed by atoms with Crippen molar-refractivity contribution in [1.82, 2.24) is 4.98 Å². The third kappa shape index (κ3) is 2.96. The number of rotatable bonds is 3. The van der Waals surface area contributed by atoms with Crippen molar-refractivity contribution in [3.8, 4) is 0 Å². The molecule has 0 aliphatic heterocycles. The molecule has 0 fully saturated rings. The zero-order chi connectivity index (χ0) is 14.7. The highest BCUT2D eigenvalue weighted by Crippen LogP contribution is 2.11. The van der Waals surface area contributed by atoms with Gasteiger partial charge >= 0.3 is 5.97 Å². The van der Waals surface area contributed by atoms with Crippen molar-refractivity contribution in [2.45, 2.75) is 20.3 Å². The van der Waals surface area contributed by atoms with Gasteiger partial charge in [0.1, 0.15) is 0 Å². The van der Waals surface area contributed by atoms with Crippen molar-refractivity contribution in [3.63, 3.8) is 0 Å². The zero-order valence-corrected chi connectivity index (χ0v) is 11.8. The average Bonchev–Trinajstić information content (AvgIpc) is 2.42. The van der Waals surface area contributed by atoms with E-state index in [1.54, 1.807) is 18.2 Å². The summed E-state index contributed by atoms with van der Waals surface area (Å²) in [7, 11) is 1.35. The number of pyridine rings is 1. The van der Waals surface area contributed by atoms with Crippen molar-refractivity contribution in [3.05, 3.63) is 68.6 Å². The second kappa shape index (κ2) is 5.74. The molecule has 0 saturated carbocycles. The van der Waals surface area contributed by atoms with Gasteiger partial charge in [-0.15, -0.1) is 0 Å². The van der Waals surface area contributed by atoms with Crippen LogP contribution in [0, 0.1) is 13.8 Å². The van der Waals surface area contributed by atoms with Gasteiger partial charge in [0.05, 0.1) is 12.7 Å². The SMILES string of the molecule is COC(=O)c1ccc(Cc2c(C)[nH]c(C)cc2=O)cc1. The maximum atomic E-state index is 12.0. The summed E-state index contributed by atoms with van der Waals surface area (Å²) in [6.45, 7) is 3.76. The molecule has 104 valence electrons. The van der Waals surface area contributed by atoms with Crippen LogP contribution in [0.4, 0.5) is 0 Å². The standard InChI is InChI=1S/C16H17NO3/c1-10-8-15(18)14(11(2)17-10)9-12-4-6-13(7-5-12)16(19)20-3/h4-8H,9H2,1-3H3,(H,17,18). The predicted molar refractivity (Wildman–Crippen MR) is 77.1 cm³/mol. The van der Waals surface area contributed by atoms with E-state index in [9.17, 15) is 9.59 Å². The summed E-state index contributed by atoms with van der Waals surface area (Å²) in [5, 5.41) is 0. The Balaban J connectivity index is 2.27. The van der Waals surface area contributed by atoms with E-state index in [-0.39, 0.29) is 11.4 Å². The first-order chi connectivity index (χ1) is 9.51. The van der Waals surface area contributed by atoms with Gasteiger partial charge in [-0.3, -0.25) is 4.79 Å². The van der Waals surface area contributed by atoms with E-state index in [0.717, 1.165) is 22.5 Å². The maximum Gasteiger partial charge on any atom is 0.337 e. The number of carbonyl (C=O) groups excluding carboxylic acids is 1. The van der Waals surface area contributed by atoms with Crippen LogP contribution in [0.3, 0.4) is 0 Å². The van der Waals surface area contributed by atoms with Crippen molar-refractivity contribution in [1.29, 1.82) is 0 Å². The number of methoxy groups -OCH3 is 1. The predicted octanol–water partition coefficient (Wildman–Crippen LogP) is 2.37. The van der Waals surface area contributed by atoms with Crippen LogP contribution >= 0.6 is 0 Å². The number of aromatic nitrogens is 1. The van der Waals surface area contributed by atoms with Gasteiger partial charge in [0, 0.05) is 29.4 Å². The van der Waals surface area contributed by atoms with E-state index in [0.29, 0.717) is 12.0 Å². The third-order valence-corrected chi connectivity index (χ3v) is 3.24. The van der Waals surface area contributed by atoms with Gasteiger partial charge in [-0.05, 0) is 31.5 Å². The van der Waals surface area contributed by atoms with E-state index in [1.165, 1.54) is 7.11 Å². The first-order valence-corrected chi connectivity index (χ1v) is 6.38. The maximum absolute atomic E-state index is 12.0. The fourth-order valence-corrected chi connectivity index (χ4v) is 2.18. The Hall–Kier alpha value is -2.36. The molecule has 0 atom stereocenters. The fraction of sp³-hybridized carbons (Fsp3) is 0.250. The highest BCUT2D eigenvalue weighted by molar-refractivity contribution is 5.89. The van der Waals surface area contributed by atoms with Crippen LogP contribution in [0.2, 0.25) is 0 Å². The van der Waals surface area contributed by atoms with Gasteiger partial charge in [-0.2, -0.15) is 0 Å². The summed E-state index contributed by atoms with van der Waals surface area (Å²) >= 11 is 0. The quantitative estimate of drug-likeness (QED) is 0.872. The minimum atomic E-state index is -0.360. The topological polar surface area (TPSA) is 59.2 Å². The van der Waals surface area contributed by atoms with Crippen molar-refractivity contribution in [2.75, 3.05) is 7.11 Å². The Labute approximate surface area is 117 Å². The number of ether oxygens (including phenoxy) is 1. The Morgan fingerprint density at radius 2 is 1.85 bits per heavy atom. The number of benzene rings is 1. The zero-order valence-electron chi connectivity index (χ0n) is 11.8. The molecule has 20 heavy (non-hydrogen) atoms. The van der Waals surface area contributed by atoms with Crippen LogP contribution in [-0.4, -0.2) is 18.1 Å². The summed E-state index contributed by atoms with van der Waals surface area (Å²) in [4.78, 5) is 26.5.